The van der Waals surface area contributed by atoms with Crippen LogP contribution in [0.15, 0.2) is 18.2 Å². The van der Waals surface area contributed by atoms with Crippen molar-refractivity contribution >= 4 is 11.6 Å². The minimum absolute atomic E-state index is 0.0126. The molecule has 1 unspecified atom stereocenters. The Balaban J connectivity index is 2.78. The summed E-state index contributed by atoms with van der Waals surface area (Å²) in [6.07, 6.45) is 0. The van der Waals surface area contributed by atoms with Gasteiger partial charge in [-0.05, 0) is 38.2 Å². The molecule has 1 atom stereocenters. The zero-order valence-corrected chi connectivity index (χ0v) is 11.9. The summed E-state index contributed by atoms with van der Waals surface area (Å²) in [5, 5.41) is 2.95. The lowest BCUT2D eigenvalue weighted by molar-refractivity contribution is 0.0916. The molecule has 0 saturated carbocycles. The molecule has 3 N–H and O–H groups in total. The molecular weight excluding hydrogens is 245 g/mol. The Hall–Kier alpha value is -1.62. The Morgan fingerprint density at radius 1 is 1.42 bits per heavy atom. The standard InChI is InChI=1S/C14H22FN3O/c1-9(2)13(8-18(3)4)17-14(19)10-5-6-11(15)12(16)7-10/h5-7,9,13H,8,16H2,1-4H3,(H,17,19). The summed E-state index contributed by atoms with van der Waals surface area (Å²) in [6.45, 7) is 4.85. The fourth-order valence-corrected chi connectivity index (χ4v) is 1.75. The van der Waals surface area contributed by atoms with E-state index < -0.39 is 5.82 Å². The molecule has 1 amide bonds. The minimum Gasteiger partial charge on any atom is -0.396 e. The Bertz CT molecular complexity index is 446. The number of benzene rings is 1. The lowest BCUT2D eigenvalue weighted by atomic mass is 10.0. The van der Waals surface area contributed by atoms with Crippen LogP contribution in [0, 0.1) is 11.7 Å². The topological polar surface area (TPSA) is 58.4 Å². The molecule has 0 bridgehead atoms. The summed E-state index contributed by atoms with van der Waals surface area (Å²) >= 11 is 0. The van der Waals surface area contributed by atoms with Crippen molar-refractivity contribution in [2.45, 2.75) is 19.9 Å². The summed E-state index contributed by atoms with van der Waals surface area (Å²) < 4.78 is 13.1. The second-order valence-electron chi connectivity index (χ2n) is 5.32. The van der Waals surface area contributed by atoms with Gasteiger partial charge < -0.3 is 16.0 Å². The van der Waals surface area contributed by atoms with Crippen molar-refractivity contribution in [3.63, 3.8) is 0 Å². The second kappa shape index (κ2) is 6.52. The van der Waals surface area contributed by atoms with E-state index in [1.165, 1.54) is 18.2 Å². The predicted octanol–water partition coefficient (Wildman–Crippen LogP) is 1.72. The third kappa shape index (κ3) is 4.52. The normalized spacial score (nSPS) is 12.8. The summed E-state index contributed by atoms with van der Waals surface area (Å²) in [7, 11) is 3.91. The quantitative estimate of drug-likeness (QED) is 0.799. The van der Waals surface area contributed by atoms with Crippen LogP contribution >= 0.6 is 0 Å². The Morgan fingerprint density at radius 3 is 2.53 bits per heavy atom. The van der Waals surface area contributed by atoms with Crippen LogP contribution in [0.5, 0.6) is 0 Å². The number of halogens is 1. The molecule has 0 radical (unpaired) electrons. The number of nitrogens with two attached hydrogens (primary N) is 1. The SMILES string of the molecule is CC(C)C(CN(C)C)NC(=O)c1ccc(F)c(N)c1. The fraction of sp³-hybridized carbons (Fsp3) is 0.500. The molecule has 1 aromatic carbocycles. The van der Waals surface area contributed by atoms with Gasteiger partial charge in [-0.1, -0.05) is 13.8 Å². The largest absolute Gasteiger partial charge is 0.396 e. The van der Waals surface area contributed by atoms with E-state index in [1.807, 2.05) is 32.8 Å². The van der Waals surface area contributed by atoms with Crippen LogP contribution in [0.4, 0.5) is 10.1 Å². The number of nitrogens with zero attached hydrogens (tertiary/aromatic N) is 1. The molecule has 0 spiro atoms. The molecule has 0 fully saturated rings. The first kappa shape index (κ1) is 15.4. The van der Waals surface area contributed by atoms with Gasteiger partial charge in [0.15, 0.2) is 0 Å². The van der Waals surface area contributed by atoms with Crippen LogP contribution < -0.4 is 11.1 Å². The number of hydrogen-bond acceptors (Lipinski definition) is 3. The number of nitrogen functional groups attached to an aromatic ring is 1. The van der Waals surface area contributed by atoms with Gasteiger partial charge in [0.25, 0.3) is 5.91 Å². The smallest absolute Gasteiger partial charge is 0.251 e. The van der Waals surface area contributed by atoms with Crippen LogP contribution in [0.2, 0.25) is 0 Å². The van der Waals surface area contributed by atoms with Crippen molar-refractivity contribution < 1.29 is 9.18 Å². The summed E-state index contributed by atoms with van der Waals surface area (Å²) in [4.78, 5) is 14.1. The Morgan fingerprint density at radius 2 is 2.05 bits per heavy atom. The van der Waals surface area contributed by atoms with Crippen molar-refractivity contribution in [2.24, 2.45) is 5.92 Å². The van der Waals surface area contributed by atoms with Gasteiger partial charge in [0, 0.05) is 18.2 Å². The Labute approximate surface area is 113 Å². The number of likely N-dealkylation sites (N-methyl/N-ethyl adjacent to an activating group) is 1. The molecular formula is C14H22FN3O. The summed E-state index contributed by atoms with van der Waals surface area (Å²) in [6, 6.07) is 4.04. The number of carbonyl (C=O) groups excluding carboxylic acids is 1. The zero-order valence-electron chi connectivity index (χ0n) is 11.9. The van der Waals surface area contributed by atoms with Crippen molar-refractivity contribution in [3.8, 4) is 0 Å². The molecule has 0 saturated heterocycles. The van der Waals surface area contributed by atoms with E-state index in [0.29, 0.717) is 11.5 Å². The first-order valence-electron chi connectivity index (χ1n) is 6.32. The number of anilines is 1. The molecule has 0 aliphatic rings. The van der Waals surface area contributed by atoms with Crippen LogP contribution in [-0.4, -0.2) is 37.5 Å². The van der Waals surface area contributed by atoms with E-state index in [4.69, 9.17) is 5.73 Å². The van der Waals surface area contributed by atoms with Crippen molar-refractivity contribution in [1.29, 1.82) is 0 Å². The first-order chi connectivity index (χ1) is 8.81. The van der Waals surface area contributed by atoms with Gasteiger partial charge in [-0.2, -0.15) is 0 Å². The molecule has 106 valence electrons. The highest BCUT2D eigenvalue weighted by Gasteiger charge is 2.18. The third-order valence-electron chi connectivity index (χ3n) is 2.94. The van der Waals surface area contributed by atoms with E-state index in [2.05, 4.69) is 5.32 Å². The van der Waals surface area contributed by atoms with Gasteiger partial charge in [0.2, 0.25) is 0 Å². The van der Waals surface area contributed by atoms with Gasteiger partial charge in [-0.15, -0.1) is 0 Å². The van der Waals surface area contributed by atoms with E-state index in [9.17, 15) is 9.18 Å². The average molecular weight is 267 g/mol. The maximum atomic E-state index is 13.1. The lowest BCUT2D eigenvalue weighted by Gasteiger charge is -2.25. The number of nitrogens with one attached hydrogen (secondary N) is 1. The average Bonchev–Trinajstić information content (AvgIpc) is 2.31. The van der Waals surface area contributed by atoms with Crippen LogP contribution in [-0.2, 0) is 0 Å². The highest BCUT2D eigenvalue weighted by atomic mass is 19.1. The van der Waals surface area contributed by atoms with Crippen LogP contribution in [0.25, 0.3) is 0 Å². The lowest BCUT2D eigenvalue weighted by Crippen LogP contribution is -2.45. The number of carbonyl (C=O) groups is 1. The second-order valence-corrected chi connectivity index (χ2v) is 5.32. The molecule has 4 nitrogen and oxygen atoms in total. The molecule has 0 aromatic heterocycles. The van der Waals surface area contributed by atoms with E-state index >= 15 is 0 Å². The maximum absolute atomic E-state index is 13.1. The molecule has 0 aliphatic heterocycles. The van der Waals surface area contributed by atoms with Gasteiger partial charge in [0.1, 0.15) is 5.82 Å². The summed E-state index contributed by atoms with van der Waals surface area (Å²) in [5.41, 5.74) is 5.83. The number of amides is 1. The molecule has 1 rings (SSSR count). The van der Waals surface area contributed by atoms with Crippen LogP contribution in [0.3, 0.4) is 0 Å². The molecule has 5 heteroatoms. The summed E-state index contributed by atoms with van der Waals surface area (Å²) in [5.74, 6) is -0.429. The Kier molecular flexibility index (Phi) is 5.30. The fourth-order valence-electron chi connectivity index (χ4n) is 1.75. The van der Waals surface area contributed by atoms with Crippen molar-refractivity contribution in [2.75, 3.05) is 26.4 Å². The monoisotopic (exact) mass is 267 g/mol. The van der Waals surface area contributed by atoms with Crippen molar-refractivity contribution in [1.82, 2.24) is 10.2 Å². The van der Waals surface area contributed by atoms with E-state index in [0.717, 1.165) is 6.54 Å². The van der Waals surface area contributed by atoms with Gasteiger partial charge in [0.05, 0.1) is 5.69 Å². The number of rotatable bonds is 5. The van der Waals surface area contributed by atoms with Gasteiger partial charge in [-0.3, -0.25) is 4.79 Å². The predicted molar refractivity (Wildman–Crippen MR) is 75.5 cm³/mol. The molecule has 19 heavy (non-hydrogen) atoms. The minimum atomic E-state index is -0.509. The first-order valence-corrected chi connectivity index (χ1v) is 6.32. The van der Waals surface area contributed by atoms with Crippen LogP contribution in [0.1, 0.15) is 24.2 Å². The number of hydrogen-bond donors (Lipinski definition) is 2. The maximum Gasteiger partial charge on any atom is 0.251 e. The van der Waals surface area contributed by atoms with Gasteiger partial charge in [-0.25, -0.2) is 4.39 Å². The zero-order chi connectivity index (χ0) is 14.6. The molecule has 0 aliphatic carbocycles. The van der Waals surface area contributed by atoms with E-state index in [-0.39, 0.29) is 17.6 Å². The third-order valence-corrected chi connectivity index (χ3v) is 2.94. The molecule has 0 heterocycles. The van der Waals surface area contributed by atoms with Crippen molar-refractivity contribution in [3.05, 3.63) is 29.6 Å². The highest BCUT2D eigenvalue weighted by molar-refractivity contribution is 5.95. The van der Waals surface area contributed by atoms with E-state index in [1.54, 1.807) is 0 Å². The molecule has 1 aromatic rings. The van der Waals surface area contributed by atoms with Gasteiger partial charge >= 0.3 is 0 Å². The highest BCUT2D eigenvalue weighted by Crippen LogP contribution is 2.13.